The Morgan fingerprint density at radius 2 is 1.80 bits per heavy atom. The molecule has 3 nitrogen and oxygen atoms in total. The lowest BCUT2D eigenvalue weighted by molar-refractivity contribution is 0.101. The lowest BCUT2D eigenvalue weighted by atomic mass is 9.91. The minimum Gasteiger partial charge on any atom is -0.326 e. The van der Waals surface area contributed by atoms with Crippen molar-refractivity contribution in [3.8, 4) is 0 Å². The van der Waals surface area contributed by atoms with Crippen LogP contribution in [0.15, 0.2) is 36.4 Å². The molecule has 0 aliphatic carbocycles. The summed E-state index contributed by atoms with van der Waals surface area (Å²) in [6.07, 6.45) is 0. The molecule has 132 valence electrons. The molecule has 0 amide bonds. The molecule has 0 bridgehead atoms. The quantitative estimate of drug-likeness (QED) is 0.865. The predicted molar refractivity (Wildman–Crippen MR) is 103 cm³/mol. The van der Waals surface area contributed by atoms with Gasteiger partial charge in [-0.05, 0) is 55.5 Å². The lowest BCUT2D eigenvalue weighted by Gasteiger charge is -2.21. The summed E-state index contributed by atoms with van der Waals surface area (Å²) in [4.78, 5) is 14.5. The molecule has 1 heterocycles. The lowest BCUT2D eigenvalue weighted by Crippen LogP contribution is -2.29. The van der Waals surface area contributed by atoms with Crippen LogP contribution in [0.4, 0.5) is 0 Å². The predicted octanol–water partition coefficient (Wildman–Crippen LogP) is 3.74. The number of Topliss-reactive ketones (excluding diaryl/α,β-unsaturated/α-hetero) is 1. The summed E-state index contributed by atoms with van der Waals surface area (Å²) in [5.74, 6) is 0.524. The van der Waals surface area contributed by atoms with Crippen molar-refractivity contribution in [2.75, 3.05) is 13.1 Å². The highest BCUT2D eigenvalue weighted by molar-refractivity contribution is 5.97. The zero-order chi connectivity index (χ0) is 18.1. The van der Waals surface area contributed by atoms with Crippen LogP contribution in [-0.2, 0) is 6.54 Å². The van der Waals surface area contributed by atoms with E-state index in [4.69, 9.17) is 5.73 Å². The van der Waals surface area contributed by atoms with E-state index in [9.17, 15) is 4.79 Å². The Morgan fingerprint density at radius 3 is 2.44 bits per heavy atom. The highest BCUT2D eigenvalue weighted by Gasteiger charge is 2.31. The summed E-state index contributed by atoms with van der Waals surface area (Å²) in [6.45, 7) is 10.6. The van der Waals surface area contributed by atoms with Crippen LogP contribution in [0.3, 0.4) is 0 Å². The monoisotopic (exact) mass is 336 g/mol. The molecule has 2 aromatic rings. The van der Waals surface area contributed by atoms with Crippen molar-refractivity contribution in [1.29, 1.82) is 0 Å². The van der Waals surface area contributed by atoms with E-state index in [0.717, 1.165) is 36.3 Å². The molecular formula is C22H28N2O. The van der Waals surface area contributed by atoms with Crippen LogP contribution in [0, 0.1) is 20.8 Å². The van der Waals surface area contributed by atoms with Gasteiger partial charge in [-0.1, -0.05) is 36.4 Å². The van der Waals surface area contributed by atoms with Crippen LogP contribution >= 0.6 is 0 Å². The average Bonchev–Trinajstić information content (AvgIpc) is 2.92. The van der Waals surface area contributed by atoms with Crippen molar-refractivity contribution in [2.45, 2.75) is 46.2 Å². The number of nitrogens with two attached hydrogens (primary N) is 1. The van der Waals surface area contributed by atoms with E-state index < -0.39 is 0 Å². The van der Waals surface area contributed by atoms with Gasteiger partial charge in [-0.15, -0.1) is 0 Å². The van der Waals surface area contributed by atoms with Gasteiger partial charge in [0.15, 0.2) is 5.78 Å². The molecule has 3 heteroatoms. The van der Waals surface area contributed by atoms with Crippen LogP contribution in [0.2, 0.25) is 0 Å². The first-order chi connectivity index (χ1) is 11.9. The number of benzene rings is 2. The molecule has 1 saturated heterocycles. The third-order valence-corrected chi connectivity index (χ3v) is 5.53. The van der Waals surface area contributed by atoms with Gasteiger partial charge in [0, 0.05) is 37.2 Å². The van der Waals surface area contributed by atoms with Gasteiger partial charge in [0.2, 0.25) is 0 Å². The second kappa shape index (κ2) is 7.11. The third kappa shape index (κ3) is 3.53. The van der Waals surface area contributed by atoms with Gasteiger partial charge in [0.05, 0.1) is 0 Å². The number of likely N-dealkylation sites (tertiary alicyclic amines) is 1. The minimum atomic E-state index is 0.150. The van der Waals surface area contributed by atoms with E-state index in [1.807, 2.05) is 13.0 Å². The molecule has 2 aromatic carbocycles. The fraction of sp³-hybridized carbons (Fsp3) is 0.409. The molecule has 2 atom stereocenters. The van der Waals surface area contributed by atoms with Crippen LogP contribution in [0.1, 0.15) is 51.0 Å². The van der Waals surface area contributed by atoms with Crippen molar-refractivity contribution >= 4 is 5.78 Å². The van der Waals surface area contributed by atoms with E-state index in [0.29, 0.717) is 5.92 Å². The average molecular weight is 336 g/mol. The topological polar surface area (TPSA) is 46.3 Å². The van der Waals surface area contributed by atoms with Crippen molar-refractivity contribution in [3.63, 3.8) is 0 Å². The first-order valence-electron chi connectivity index (χ1n) is 9.02. The van der Waals surface area contributed by atoms with Crippen LogP contribution in [0.5, 0.6) is 0 Å². The zero-order valence-electron chi connectivity index (χ0n) is 15.7. The molecule has 0 radical (unpaired) electrons. The Morgan fingerprint density at radius 1 is 1.12 bits per heavy atom. The summed E-state index contributed by atoms with van der Waals surface area (Å²) in [5.41, 5.74) is 13.4. The summed E-state index contributed by atoms with van der Waals surface area (Å²) < 4.78 is 0. The summed E-state index contributed by atoms with van der Waals surface area (Å²) in [6, 6.07) is 12.8. The molecule has 1 aliphatic rings. The second-order valence-electron chi connectivity index (χ2n) is 7.42. The summed E-state index contributed by atoms with van der Waals surface area (Å²) in [7, 11) is 0. The van der Waals surface area contributed by atoms with Crippen molar-refractivity contribution in [1.82, 2.24) is 4.90 Å². The third-order valence-electron chi connectivity index (χ3n) is 5.53. The highest BCUT2D eigenvalue weighted by atomic mass is 16.1. The molecule has 0 aromatic heterocycles. The number of aryl methyl sites for hydroxylation is 2. The van der Waals surface area contributed by atoms with E-state index in [1.54, 1.807) is 6.92 Å². The molecule has 2 N–H and O–H groups in total. The fourth-order valence-electron chi connectivity index (χ4n) is 4.33. The molecule has 1 aliphatic heterocycles. The van der Waals surface area contributed by atoms with Gasteiger partial charge in [-0.25, -0.2) is 0 Å². The number of hydrogen-bond donors (Lipinski definition) is 1. The molecule has 1 fully saturated rings. The molecule has 0 unspecified atom stereocenters. The number of hydrogen-bond acceptors (Lipinski definition) is 3. The van der Waals surface area contributed by atoms with Gasteiger partial charge < -0.3 is 5.73 Å². The Kier molecular flexibility index (Phi) is 5.07. The van der Waals surface area contributed by atoms with Gasteiger partial charge >= 0.3 is 0 Å². The number of ketones is 1. The van der Waals surface area contributed by atoms with Gasteiger partial charge in [-0.2, -0.15) is 0 Å². The fourth-order valence-corrected chi connectivity index (χ4v) is 4.33. The van der Waals surface area contributed by atoms with Crippen LogP contribution in [0.25, 0.3) is 0 Å². The standard InChI is InChI=1S/C22H28N2O/c1-14-10-15(2)22(17(4)25)16(3)19(14)11-24-12-20(21(23)13-24)18-8-6-5-7-9-18/h5-10,20-21H,11-13,23H2,1-4H3/t20-,21+/m0/s1. The molecule has 0 spiro atoms. The number of nitrogens with zero attached hydrogens (tertiary/aromatic N) is 1. The smallest absolute Gasteiger partial charge is 0.160 e. The molecule has 3 rings (SSSR count). The van der Waals surface area contributed by atoms with E-state index in [-0.39, 0.29) is 11.8 Å². The van der Waals surface area contributed by atoms with Crippen LogP contribution in [-0.4, -0.2) is 29.8 Å². The van der Waals surface area contributed by atoms with Crippen molar-refractivity contribution in [3.05, 3.63) is 69.8 Å². The van der Waals surface area contributed by atoms with Crippen LogP contribution < -0.4 is 5.73 Å². The van der Waals surface area contributed by atoms with Gasteiger partial charge in [0.25, 0.3) is 0 Å². The maximum absolute atomic E-state index is 12.0. The van der Waals surface area contributed by atoms with Crippen molar-refractivity contribution < 1.29 is 4.79 Å². The normalized spacial score (nSPS) is 20.8. The van der Waals surface area contributed by atoms with E-state index >= 15 is 0 Å². The number of rotatable bonds is 4. The maximum atomic E-state index is 12.0. The molecular weight excluding hydrogens is 308 g/mol. The molecule has 25 heavy (non-hydrogen) atoms. The highest BCUT2D eigenvalue weighted by Crippen LogP contribution is 2.30. The van der Waals surface area contributed by atoms with E-state index in [2.05, 4.69) is 49.1 Å². The Bertz CT molecular complexity index is 782. The SMILES string of the molecule is CC(=O)c1c(C)cc(C)c(CN2C[C@@H](N)[C@H](c3ccccc3)C2)c1C. The first kappa shape index (κ1) is 17.8. The summed E-state index contributed by atoms with van der Waals surface area (Å²) in [5, 5.41) is 0. The minimum absolute atomic E-state index is 0.150. The Balaban J connectivity index is 1.84. The zero-order valence-corrected chi connectivity index (χ0v) is 15.7. The Labute approximate surface area is 150 Å². The number of carbonyl (C=O) groups is 1. The van der Waals surface area contributed by atoms with Gasteiger partial charge in [0.1, 0.15) is 0 Å². The summed E-state index contributed by atoms with van der Waals surface area (Å²) >= 11 is 0. The molecule has 0 saturated carbocycles. The van der Waals surface area contributed by atoms with Crippen molar-refractivity contribution in [2.24, 2.45) is 5.73 Å². The van der Waals surface area contributed by atoms with Gasteiger partial charge in [-0.3, -0.25) is 9.69 Å². The number of carbonyl (C=O) groups excluding carboxylic acids is 1. The first-order valence-corrected chi connectivity index (χ1v) is 9.02. The maximum Gasteiger partial charge on any atom is 0.160 e. The largest absolute Gasteiger partial charge is 0.326 e. The second-order valence-corrected chi connectivity index (χ2v) is 7.42. The Hall–Kier alpha value is -1.97. The van der Waals surface area contributed by atoms with E-state index in [1.165, 1.54) is 16.7 Å².